The Morgan fingerprint density at radius 1 is 1.33 bits per heavy atom. The zero-order valence-electron chi connectivity index (χ0n) is 11.2. The fourth-order valence-electron chi connectivity index (χ4n) is 2.33. The summed E-state index contributed by atoms with van der Waals surface area (Å²) >= 11 is 0. The molecule has 3 heteroatoms. The van der Waals surface area contributed by atoms with Crippen LogP contribution in [0.5, 0.6) is 5.88 Å². The first-order valence-electron chi connectivity index (χ1n) is 6.64. The molecule has 2 N–H and O–H groups in total. The Balaban J connectivity index is 1.97. The van der Waals surface area contributed by atoms with E-state index in [2.05, 4.69) is 24.1 Å². The minimum absolute atomic E-state index is 0.530. The van der Waals surface area contributed by atoms with Gasteiger partial charge in [0.15, 0.2) is 0 Å². The van der Waals surface area contributed by atoms with Crippen LogP contribution in [0.15, 0.2) is 24.3 Å². The summed E-state index contributed by atoms with van der Waals surface area (Å²) in [7, 11) is 0. The number of aromatic nitrogens is 1. The van der Waals surface area contributed by atoms with Crippen LogP contribution in [0, 0.1) is 18.8 Å². The highest BCUT2D eigenvalue weighted by molar-refractivity contribution is 5.24. The molecule has 0 spiro atoms. The molecule has 18 heavy (non-hydrogen) atoms. The summed E-state index contributed by atoms with van der Waals surface area (Å²) in [5.41, 5.74) is 7.70. The van der Waals surface area contributed by atoms with Crippen LogP contribution in [0.4, 0.5) is 0 Å². The summed E-state index contributed by atoms with van der Waals surface area (Å²) in [6.07, 6.45) is 6.78. The van der Waals surface area contributed by atoms with Gasteiger partial charge in [0.1, 0.15) is 0 Å². The van der Waals surface area contributed by atoms with Crippen molar-refractivity contribution in [3.8, 4) is 5.88 Å². The molecule has 2 atom stereocenters. The summed E-state index contributed by atoms with van der Waals surface area (Å²) in [5.74, 6) is 1.99. The number of hydrogen-bond acceptors (Lipinski definition) is 3. The van der Waals surface area contributed by atoms with Crippen molar-refractivity contribution in [1.82, 2.24) is 4.98 Å². The third-order valence-corrected chi connectivity index (χ3v) is 3.59. The van der Waals surface area contributed by atoms with Gasteiger partial charge in [-0.1, -0.05) is 19.1 Å². The molecular formula is C15H22N2O. The van der Waals surface area contributed by atoms with Crippen molar-refractivity contribution in [3.05, 3.63) is 35.5 Å². The second-order valence-corrected chi connectivity index (χ2v) is 5.15. The monoisotopic (exact) mass is 246 g/mol. The predicted molar refractivity (Wildman–Crippen MR) is 73.4 cm³/mol. The van der Waals surface area contributed by atoms with Crippen LogP contribution in [0.2, 0.25) is 0 Å². The number of ether oxygens (including phenoxy) is 1. The lowest BCUT2D eigenvalue weighted by molar-refractivity contribution is 0.192. The normalized spacial score (nSPS) is 23.1. The van der Waals surface area contributed by atoms with E-state index in [1.165, 1.54) is 0 Å². The van der Waals surface area contributed by atoms with Crippen molar-refractivity contribution in [3.63, 3.8) is 0 Å². The smallest absolute Gasteiger partial charge is 0.213 e. The maximum absolute atomic E-state index is 5.84. The quantitative estimate of drug-likeness (QED) is 0.831. The number of nitrogens with zero attached hydrogens (tertiary/aromatic N) is 1. The number of allylic oxidation sites excluding steroid dienone is 2. The molecular weight excluding hydrogens is 224 g/mol. The van der Waals surface area contributed by atoms with E-state index < -0.39 is 0 Å². The van der Waals surface area contributed by atoms with E-state index in [0.717, 1.165) is 30.7 Å². The van der Waals surface area contributed by atoms with Gasteiger partial charge >= 0.3 is 0 Å². The molecule has 0 aliphatic heterocycles. The minimum atomic E-state index is 0.530. The van der Waals surface area contributed by atoms with Gasteiger partial charge in [0, 0.05) is 18.3 Å². The number of rotatable bonds is 4. The van der Waals surface area contributed by atoms with E-state index in [9.17, 15) is 0 Å². The van der Waals surface area contributed by atoms with Gasteiger partial charge in [0.05, 0.1) is 6.61 Å². The first-order chi connectivity index (χ1) is 8.69. The Morgan fingerprint density at radius 3 is 2.83 bits per heavy atom. The standard InChI is InChI=1S/C15H22N2O/c1-11-5-3-4-6-14(11)10-18-15-8-13(9-16)7-12(2)17-15/h3-4,7-8,11,14H,5-6,9-10,16H2,1-2H3. The van der Waals surface area contributed by atoms with Gasteiger partial charge in [-0.15, -0.1) is 0 Å². The molecule has 0 amide bonds. The van der Waals surface area contributed by atoms with Crippen molar-refractivity contribution in [2.45, 2.75) is 33.2 Å². The lowest BCUT2D eigenvalue weighted by Gasteiger charge is -2.25. The van der Waals surface area contributed by atoms with Crippen molar-refractivity contribution in [2.24, 2.45) is 17.6 Å². The van der Waals surface area contributed by atoms with Gasteiger partial charge in [-0.25, -0.2) is 4.98 Å². The van der Waals surface area contributed by atoms with Gasteiger partial charge in [-0.05, 0) is 43.2 Å². The Kier molecular flexibility index (Phi) is 4.37. The summed E-state index contributed by atoms with van der Waals surface area (Å²) in [6, 6.07) is 3.94. The minimum Gasteiger partial charge on any atom is -0.477 e. The van der Waals surface area contributed by atoms with Crippen LogP contribution in [0.1, 0.15) is 31.0 Å². The second kappa shape index (κ2) is 6.01. The predicted octanol–water partition coefficient (Wildman–Crippen LogP) is 2.83. The Hall–Kier alpha value is -1.35. The molecule has 3 nitrogen and oxygen atoms in total. The molecule has 2 unspecified atom stereocenters. The van der Waals surface area contributed by atoms with Crippen molar-refractivity contribution in [2.75, 3.05) is 6.61 Å². The molecule has 98 valence electrons. The molecule has 1 aliphatic rings. The zero-order chi connectivity index (χ0) is 13.0. The molecule has 0 bridgehead atoms. The first-order valence-corrected chi connectivity index (χ1v) is 6.64. The van der Waals surface area contributed by atoms with E-state index in [0.29, 0.717) is 24.3 Å². The molecule has 1 aromatic heterocycles. The second-order valence-electron chi connectivity index (χ2n) is 5.15. The number of nitrogens with two attached hydrogens (primary N) is 1. The van der Waals surface area contributed by atoms with E-state index in [4.69, 9.17) is 10.5 Å². The number of pyridine rings is 1. The van der Waals surface area contributed by atoms with Crippen molar-refractivity contribution in [1.29, 1.82) is 0 Å². The topological polar surface area (TPSA) is 48.1 Å². The van der Waals surface area contributed by atoms with E-state index in [1.807, 2.05) is 19.1 Å². The maximum atomic E-state index is 5.84. The molecule has 0 saturated heterocycles. The number of aryl methyl sites for hydroxylation is 1. The van der Waals surface area contributed by atoms with Crippen molar-refractivity contribution < 1.29 is 4.74 Å². The van der Waals surface area contributed by atoms with Crippen LogP contribution in [-0.4, -0.2) is 11.6 Å². The highest BCUT2D eigenvalue weighted by Gasteiger charge is 2.19. The summed E-state index contributed by atoms with van der Waals surface area (Å²) < 4.78 is 5.84. The first kappa shape index (κ1) is 13.1. The SMILES string of the molecule is Cc1cc(CN)cc(OCC2CC=CCC2C)n1. The van der Waals surface area contributed by atoms with Gasteiger partial charge in [-0.3, -0.25) is 0 Å². The maximum Gasteiger partial charge on any atom is 0.213 e. The summed E-state index contributed by atoms with van der Waals surface area (Å²) in [4.78, 5) is 4.40. The fourth-order valence-corrected chi connectivity index (χ4v) is 2.33. The van der Waals surface area contributed by atoms with Crippen LogP contribution in [-0.2, 0) is 6.54 Å². The highest BCUT2D eigenvalue weighted by Crippen LogP contribution is 2.25. The van der Waals surface area contributed by atoms with Crippen LogP contribution >= 0.6 is 0 Å². The van der Waals surface area contributed by atoms with Gasteiger partial charge in [0.25, 0.3) is 0 Å². The molecule has 1 heterocycles. The average molecular weight is 246 g/mol. The lowest BCUT2D eigenvalue weighted by atomic mass is 9.85. The molecule has 0 radical (unpaired) electrons. The van der Waals surface area contributed by atoms with E-state index in [1.54, 1.807) is 0 Å². The summed E-state index contributed by atoms with van der Waals surface area (Å²) in [6.45, 7) is 5.53. The number of hydrogen-bond donors (Lipinski definition) is 1. The van der Waals surface area contributed by atoms with Crippen LogP contribution < -0.4 is 10.5 Å². The van der Waals surface area contributed by atoms with Crippen LogP contribution in [0.3, 0.4) is 0 Å². The Morgan fingerprint density at radius 2 is 2.11 bits per heavy atom. The molecule has 1 aliphatic carbocycles. The van der Waals surface area contributed by atoms with Crippen LogP contribution in [0.25, 0.3) is 0 Å². The fraction of sp³-hybridized carbons (Fsp3) is 0.533. The largest absolute Gasteiger partial charge is 0.477 e. The third kappa shape index (κ3) is 3.33. The third-order valence-electron chi connectivity index (χ3n) is 3.59. The van der Waals surface area contributed by atoms with Gasteiger partial charge in [0.2, 0.25) is 5.88 Å². The van der Waals surface area contributed by atoms with E-state index in [-0.39, 0.29) is 0 Å². The van der Waals surface area contributed by atoms with Gasteiger partial charge < -0.3 is 10.5 Å². The van der Waals surface area contributed by atoms with Gasteiger partial charge in [-0.2, -0.15) is 0 Å². The highest BCUT2D eigenvalue weighted by atomic mass is 16.5. The zero-order valence-corrected chi connectivity index (χ0v) is 11.2. The molecule has 0 fully saturated rings. The molecule has 1 aromatic rings. The van der Waals surface area contributed by atoms with Crippen molar-refractivity contribution >= 4 is 0 Å². The molecule has 2 rings (SSSR count). The average Bonchev–Trinajstić information content (AvgIpc) is 2.37. The molecule has 0 aromatic carbocycles. The Labute approximate surface area is 109 Å². The summed E-state index contributed by atoms with van der Waals surface area (Å²) in [5, 5.41) is 0. The molecule has 0 saturated carbocycles. The Bertz CT molecular complexity index is 429. The van der Waals surface area contributed by atoms with E-state index >= 15 is 0 Å². The lowest BCUT2D eigenvalue weighted by Crippen LogP contribution is -2.21.